The molecule has 1 saturated heterocycles. The quantitative estimate of drug-likeness (QED) is 0.518. The van der Waals surface area contributed by atoms with E-state index in [1.165, 1.54) is 16.7 Å². The lowest BCUT2D eigenvalue weighted by atomic mass is 10.1. The SMILES string of the molecule is C[C@@H](c1ccccc1)n1c(SCC(=O)N2CCNC2=O)nc2ccccc2c1=O. The first-order valence-corrected chi connectivity index (χ1v) is 10.3. The standard InChI is InChI=1S/C21H20N4O3S/c1-14(15-7-3-2-4-8-15)25-19(27)16-9-5-6-10-17(16)23-21(25)29-13-18(26)24-12-11-22-20(24)28/h2-10,14H,11-13H2,1H3,(H,22,28)/t14-/m0/s1. The second-order valence-corrected chi connectivity index (χ2v) is 7.68. The van der Waals surface area contributed by atoms with Gasteiger partial charge in [0.2, 0.25) is 5.91 Å². The third-order valence-electron chi connectivity index (χ3n) is 4.93. The maximum atomic E-state index is 13.3. The number of amides is 3. The molecule has 148 valence electrons. The van der Waals surface area contributed by atoms with Crippen LogP contribution in [0, 0.1) is 0 Å². The number of nitrogens with one attached hydrogen (secondary N) is 1. The van der Waals surface area contributed by atoms with Gasteiger partial charge >= 0.3 is 6.03 Å². The average molecular weight is 408 g/mol. The van der Waals surface area contributed by atoms with Crippen LogP contribution in [-0.4, -0.2) is 45.2 Å². The summed E-state index contributed by atoms with van der Waals surface area (Å²) < 4.78 is 1.62. The van der Waals surface area contributed by atoms with E-state index >= 15 is 0 Å². The molecule has 29 heavy (non-hydrogen) atoms. The molecule has 1 atom stereocenters. The zero-order chi connectivity index (χ0) is 20.4. The Labute approximate surface area is 171 Å². The molecule has 0 bridgehead atoms. The van der Waals surface area contributed by atoms with E-state index in [9.17, 15) is 14.4 Å². The van der Waals surface area contributed by atoms with Gasteiger partial charge in [0, 0.05) is 13.1 Å². The van der Waals surface area contributed by atoms with E-state index in [-0.39, 0.29) is 29.3 Å². The number of aromatic nitrogens is 2. The second-order valence-electron chi connectivity index (χ2n) is 6.74. The molecule has 2 aromatic carbocycles. The lowest BCUT2D eigenvalue weighted by molar-refractivity contribution is -0.124. The smallest absolute Gasteiger partial charge is 0.324 e. The summed E-state index contributed by atoms with van der Waals surface area (Å²) in [6, 6.07) is 16.2. The van der Waals surface area contributed by atoms with Gasteiger partial charge in [-0.15, -0.1) is 0 Å². The molecule has 3 amide bonds. The highest BCUT2D eigenvalue weighted by Gasteiger charge is 2.27. The molecular formula is C21H20N4O3S. The molecule has 0 saturated carbocycles. The van der Waals surface area contributed by atoms with E-state index in [0.29, 0.717) is 29.1 Å². The number of carbonyl (C=O) groups excluding carboxylic acids is 2. The normalized spacial score (nSPS) is 14.8. The molecular weight excluding hydrogens is 388 g/mol. The van der Waals surface area contributed by atoms with Crippen molar-refractivity contribution in [2.45, 2.75) is 18.1 Å². The number of para-hydroxylation sites is 1. The number of fused-ring (bicyclic) bond motifs is 1. The van der Waals surface area contributed by atoms with Gasteiger partial charge in [0.25, 0.3) is 5.56 Å². The van der Waals surface area contributed by atoms with Crippen molar-refractivity contribution in [2.24, 2.45) is 0 Å². The molecule has 3 aromatic rings. The number of rotatable bonds is 5. The van der Waals surface area contributed by atoms with Gasteiger partial charge < -0.3 is 5.32 Å². The van der Waals surface area contributed by atoms with Crippen molar-refractivity contribution < 1.29 is 9.59 Å². The topological polar surface area (TPSA) is 84.3 Å². The van der Waals surface area contributed by atoms with Gasteiger partial charge in [-0.05, 0) is 24.6 Å². The minimum Gasteiger partial charge on any atom is -0.336 e. The van der Waals surface area contributed by atoms with Gasteiger partial charge in [0.1, 0.15) is 0 Å². The third kappa shape index (κ3) is 3.75. The van der Waals surface area contributed by atoms with E-state index in [2.05, 4.69) is 10.3 Å². The van der Waals surface area contributed by atoms with Crippen molar-refractivity contribution >= 4 is 34.6 Å². The zero-order valence-corrected chi connectivity index (χ0v) is 16.7. The van der Waals surface area contributed by atoms with Gasteiger partial charge in [0.15, 0.2) is 5.16 Å². The number of imide groups is 1. The largest absolute Gasteiger partial charge is 0.336 e. The minimum atomic E-state index is -0.378. The van der Waals surface area contributed by atoms with Crippen molar-refractivity contribution in [3.05, 3.63) is 70.5 Å². The van der Waals surface area contributed by atoms with E-state index in [4.69, 9.17) is 0 Å². The Bertz CT molecular complexity index is 1130. The van der Waals surface area contributed by atoms with Crippen LogP contribution in [0.3, 0.4) is 0 Å². The van der Waals surface area contributed by atoms with Crippen LogP contribution in [0.25, 0.3) is 10.9 Å². The van der Waals surface area contributed by atoms with E-state index in [1.807, 2.05) is 49.4 Å². The van der Waals surface area contributed by atoms with Gasteiger partial charge in [-0.1, -0.05) is 54.2 Å². The molecule has 1 aliphatic heterocycles. The average Bonchev–Trinajstić information content (AvgIpc) is 3.18. The molecule has 0 radical (unpaired) electrons. The number of thioether (sulfide) groups is 1. The first-order valence-electron chi connectivity index (χ1n) is 9.33. The molecule has 1 fully saturated rings. The minimum absolute atomic E-state index is 0.0275. The van der Waals surface area contributed by atoms with Crippen molar-refractivity contribution in [2.75, 3.05) is 18.8 Å². The molecule has 1 aliphatic rings. The summed E-state index contributed by atoms with van der Waals surface area (Å²) in [6.45, 7) is 2.75. The fourth-order valence-corrected chi connectivity index (χ4v) is 4.31. The van der Waals surface area contributed by atoms with Crippen LogP contribution >= 0.6 is 11.8 Å². The van der Waals surface area contributed by atoms with Crippen LogP contribution in [0.15, 0.2) is 64.5 Å². The van der Waals surface area contributed by atoms with Crippen molar-refractivity contribution in [1.29, 1.82) is 0 Å². The van der Waals surface area contributed by atoms with Gasteiger partial charge in [0.05, 0.1) is 22.7 Å². The lowest BCUT2D eigenvalue weighted by Crippen LogP contribution is -2.35. The number of nitrogens with zero attached hydrogens (tertiary/aromatic N) is 3. The first-order chi connectivity index (χ1) is 14.1. The van der Waals surface area contributed by atoms with Crippen molar-refractivity contribution in [3.63, 3.8) is 0 Å². The Hall–Kier alpha value is -3.13. The summed E-state index contributed by atoms with van der Waals surface area (Å²) in [5, 5.41) is 3.61. The Morgan fingerprint density at radius 1 is 1.14 bits per heavy atom. The molecule has 2 heterocycles. The fraction of sp³-hybridized carbons (Fsp3) is 0.238. The molecule has 4 rings (SSSR count). The molecule has 7 nitrogen and oxygen atoms in total. The summed E-state index contributed by atoms with van der Waals surface area (Å²) in [6.07, 6.45) is 0. The number of carbonyl (C=O) groups is 2. The van der Waals surface area contributed by atoms with Crippen LogP contribution in [0.5, 0.6) is 0 Å². The molecule has 0 spiro atoms. The maximum Gasteiger partial charge on any atom is 0.324 e. The summed E-state index contributed by atoms with van der Waals surface area (Å²) >= 11 is 1.18. The summed E-state index contributed by atoms with van der Waals surface area (Å²) in [7, 11) is 0. The van der Waals surface area contributed by atoms with Crippen LogP contribution in [0.1, 0.15) is 18.5 Å². The Morgan fingerprint density at radius 3 is 2.59 bits per heavy atom. The van der Waals surface area contributed by atoms with Gasteiger partial charge in [-0.25, -0.2) is 9.78 Å². The summed E-state index contributed by atoms with van der Waals surface area (Å²) in [4.78, 5) is 43.3. The lowest BCUT2D eigenvalue weighted by Gasteiger charge is -2.20. The van der Waals surface area contributed by atoms with Crippen molar-refractivity contribution in [3.8, 4) is 0 Å². The number of benzene rings is 2. The predicted molar refractivity (Wildman–Crippen MR) is 112 cm³/mol. The number of hydrogen-bond donors (Lipinski definition) is 1. The van der Waals surface area contributed by atoms with Gasteiger partial charge in [-0.3, -0.25) is 19.1 Å². The van der Waals surface area contributed by atoms with E-state index in [0.717, 1.165) is 5.56 Å². The Morgan fingerprint density at radius 2 is 1.86 bits per heavy atom. The van der Waals surface area contributed by atoms with Gasteiger partial charge in [-0.2, -0.15) is 0 Å². The molecule has 0 unspecified atom stereocenters. The summed E-state index contributed by atoms with van der Waals surface area (Å²) in [5.74, 6) is -0.272. The molecule has 0 aliphatic carbocycles. The monoisotopic (exact) mass is 408 g/mol. The number of hydrogen-bond acceptors (Lipinski definition) is 5. The molecule has 8 heteroatoms. The van der Waals surface area contributed by atoms with Crippen LogP contribution in [-0.2, 0) is 4.79 Å². The van der Waals surface area contributed by atoms with E-state index in [1.54, 1.807) is 16.7 Å². The van der Waals surface area contributed by atoms with Crippen molar-refractivity contribution in [1.82, 2.24) is 19.8 Å². The highest BCUT2D eigenvalue weighted by atomic mass is 32.2. The molecule has 1 aromatic heterocycles. The van der Waals surface area contributed by atoms with E-state index < -0.39 is 0 Å². The highest BCUT2D eigenvalue weighted by Crippen LogP contribution is 2.25. The Kier molecular flexibility index (Phi) is 5.35. The predicted octanol–water partition coefficient (Wildman–Crippen LogP) is 2.65. The van der Waals surface area contributed by atoms with Crippen LogP contribution < -0.4 is 10.9 Å². The maximum absolute atomic E-state index is 13.3. The molecule has 1 N–H and O–H groups in total. The van der Waals surface area contributed by atoms with Crippen LogP contribution in [0.2, 0.25) is 0 Å². The summed E-state index contributed by atoms with van der Waals surface area (Å²) in [5.41, 5.74) is 1.41. The zero-order valence-electron chi connectivity index (χ0n) is 15.9. The fourth-order valence-electron chi connectivity index (χ4n) is 3.36. The first kappa shape index (κ1) is 19.2. The van der Waals surface area contributed by atoms with Crippen LogP contribution in [0.4, 0.5) is 4.79 Å². The third-order valence-corrected chi connectivity index (χ3v) is 5.86. The second kappa shape index (κ2) is 8.08. The highest BCUT2D eigenvalue weighted by molar-refractivity contribution is 7.99. The number of urea groups is 1. The Balaban J connectivity index is 1.72.